The molecule has 0 aromatic carbocycles. The van der Waals surface area contributed by atoms with Gasteiger partial charge in [-0.2, -0.15) is 0 Å². The summed E-state index contributed by atoms with van der Waals surface area (Å²) in [6.07, 6.45) is 4.09. The molecule has 0 unspecified atom stereocenters. The second-order valence-electron chi connectivity index (χ2n) is 2.39. The average molecular weight is 138 g/mol. The van der Waals surface area contributed by atoms with E-state index in [1.165, 1.54) is 0 Å². The fraction of sp³-hybridized carbons (Fsp3) is 0.571. The number of aromatic nitrogens is 2. The molecule has 0 spiro atoms. The Morgan fingerprint density at radius 1 is 1.90 bits per heavy atom. The second-order valence-corrected chi connectivity index (χ2v) is 2.39. The van der Waals surface area contributed by atoms with E-state index < -0.39 is 0 Å². The summed E-state index contributed by atoms with van der Waals surface area (Å²) >= 11 is 0. The fourth-order valence-electron chi connectivity index (χ4n) is 1.07. The largest absolute Gasteiger partial charge is 0.365 e. The molecule has 54 valence electrons. The molecule has 0 radical (unpaired) electrons. The lowest BCUT2D eigenvalue weighted by atomic mass is 10.4. The minimum absolute atomic E-state index is 0.287. The summed E-state index contributed by atoms with van der Waals surface area (Å²) in [4.78, 5) is 4.19. The van der Waals surface area contributed by atoms with Crippen LogP contribution in [0.1, 0.15) is 18.9 Å². The first kappa shape index (κ1) is 5.92. The van der Waals surface area contributed by atoms with Gasteiger partial charge in [0.05, 0.1) is 6.61 Å². The highest BCUT2D eigenvalue weighted by molar-refractivity contribution is 5.01. The third-order valence-electron chi connectivity index (χ3n) is 1.71. The Kier molecular flexibility index (Phi) is 1.24. The van der Waals surface area contributed by atoms with Gasteiger partial charge in [0.2, 0.25) is 0 Å². The average Bonchev–Trinajstić information content (AvgIpc) is 2.69. The summed E-state index contributed by atoms with van der Waals surface area (Å²) in [7, 11) is 0. The lowest BCUT2D eigenvalue weighted by Gasteiger charge is -1.98. The van der Waals surface area contributed by atoms with Crippen LogP contribution in [0.3, 0.4) is 0 Å². The Morgan fingerprint density at radius 2 is 2.70 bits per heavy atom. The highest BCUT2D eigenvalue weighted by Crippen LogP contribution is 2.27. The van der Waals surface area contributed by atoms with Crippen LogP contribution < -0.4 is 0 Å². The SMILES string of the molecule is CCn1ccnc1[C@@H]1CO1. The van der Waals surface area contributed by atoms with E-state index in [1.54, 1.807) is 0 Å². The van der Waals surface area contributed by atoms with Gasteiger partial charge in [-0.1, -0.05) is 0 Å². The number of hydrogen-bond acceptors (Lipinski definition) is 2. The molecule has 1 saturated heterocycles. The Morgan fingerprint density at radius 3 is 3.30 bits per heavy atom. The second kappa shape index (κ2) is 2.09. The van der Waals surface area contributed by atoms with Crippen molar-refractivity contribution in [3.63, 3.8) is 0 Å². The van der Waals surface area contributed by atoms with E-state index in [-0.39, 0.29) is 6.10 Å². The zero-order chi connectivity index (χ0) is 6.97. The van der Waals surface area contributed by atoms with Crippen molar-refractivity contribution >= 4 is 0 Å². The van der Waals surface area contributed by atoms with Crippen LogP contribution in [0.5, 0.6) is 0 Å². The molecule has 0 saturated carbocycles. The molecule has 2 heterocycles. The van der Waals surface area contributed by atoms with E-state index in [1.807, 2.05) is 12.4 Å². The van der Waals surface area contributed by atoms with Gasteiger partial charge in [-0.25, -0.2) is 4.98 Å². The smallest absolute Gasteiger partial charge is 0.140 e. The van der Waals surface area contributed by atoms with Crippen molar-refractivity contribution in [1.82, 2.24) is 9.55 Å². The Bertz CT molecular complexity index is 227. The summed E-state index contributed by atoms with van der Waals surface area (Å²) in [5.41, 5.74) is 0. The van der Waals surface area contributed by atoms with Crippen LogP contribution in [0.15, 0.2) is 12.4 Å². The number of imidazole rings is 1. The topological polar surface area (TPSA) is 30.4 Å². The number of hydrogen-bond donors (Lipinski definition) is 0. The molecule has 10 heavy (non-hydrogen) atoms. The highest BCUT2D eigenvalue weighted by atomic mass is 16.6. The minimum Gasteiger partial charge on any atom is -0.365 e. The van der Waals surface area contributed by atoms with Gasteiger partial charge in [0.15, 0.2) is 0 Å². The van der Waals surface area contributed by atoms with E-state index in [4.69, 9.17) is 4.74 Å². The van der Waals surface area contributed by atoms with E-state index in [9.17, 15) is 0 Å². The standard InChI is InChI=1S/C7H10N2O/c1-2-9-4-3-8-7(9)6-5-10-6/h3-4,6H,2,5H2,1H3/t6-/m0/s1. The number of rotatable bonds is 2. The van der Waals surface area contributed by atoms with Crippen molar-refractivity contribution in [3.05, 3.63) is 18.2 Å². The van der Waals surface area contributed by atoms with Crippen molar-refractivity contribution in [2.24, 2.45) is 0 Å². The van der Waals surface area contributed by atoms with Crippen LogP contribution in [-0.2, 0) is 11.3 Å². The van der Waals surface area contributed by atoms with Crippen molar-refractivity contribution in [2.45, 2.75) is 19.6 Å². The van der Waals surface area contributed by atoms with Crippen LogP contribution in [0.4, 0.5) is 0 Å². The zero-order valence-electron chi connectivity index (χ0n) is 5.95. The molecule has 0 amide bonds. The monoisotopic (exact) mass is 138 g/mol. The maximum Gasteiger partial charge on any atom is 0.140 e. The number of nitrogens with zero attached hydrogens (tertiary/aromatic N) is 2. The molecule has 0 N–H and O–H groups in total. The van der Waals surface area contributed by atoms with Crippen molar-refractivity contribution in [3.8, 4) is 0 Å². The number of ether oxygens (including phenoxy) is 1. The van der Waals surface area contributed by atoms with Crippen molar-refractivity contribution in [1.29, 1.82) is 0 Å². The van der Waals surface area contributed by atoms with Crippen LogP contribution in [0, 0.1) is 0 Å². The molecule has 2 rings (SSSR count). The summed E-state index contributed by atoms with van der Waals surface area (Å²) in [6.45, 7) is 3.93. The molecule has 3 heteroatoms. The molecular weight excluding hydrogens is 128 g/mol. The van der Waals surface area contributed by atoms with E-state index in [2.05, 4.69) is 16.5 Å². The van der Waals surface area contributed by atoms with Crippen LogP contribution in [0.25, 0.3) is 0 Å². The Labute approximate surface area is 59.6 Å². The van der Waals surface area contributed by atoms with Crippen molar-refractivity contribution in [2.75, 3.05) is 6.61 Å². The molecule has 1 aromatic rings. The fourth-order valence-corrected chi connectivity index (χ4v) is 1.07. The van der Waals surface area contributed by atoms with Gasteiger partial charge in [0, 0.05) is 18.9 Å². The van der Waals surface area contributed by atoms with Crippen LogP contribution in [0.2, 0.25) is 0 Å². The predicted octanol–water partition coefficient (Wildman–Crippen LogP) is 0.974. The van der Waals surface area contributed by atoms with Gasteiger partial charge in [-0.3, -0.25) is 0 Å². The lowest BCUT2D eigenvalue weighted by Crippen LogP contribution is -1.98. The van der Waals surface area contributed by atoms with Gasteiger partial charge in [-0.05, 0) is 6.92 Å². The molecule has 1 aromatic heterocycles. The Balaban J connectivity index is 2.28. The van der Waals surface area contributed by atoms with Gasteiger partial charge in [0.25, 0.3) is 0 Å². The molecule has 1 aliphatic heterocycles. The van der Waals surface area contributed by atoms with Crippen LogP contribution >= 0.6 is 0 Å². The predicted molar refractivity (Wildman–Crippen MR) is 36.6 cm³/mol. The molecule has 1 atom stereocenters. The van der Waals surface area contributed by atoms with E-state index in [0.29, 0.717) is 0 Å². The summed E-state index contributed by atoms with van der Waals surface area (Å²) in [6, 6.07) is 0. The normalized spacial score (nSPS) is 23.1. The first-order valence-electron chi connectivity index (χ1n) is 3.54. The summed E-state index contributed by atoms with van der Waals surface area (Å²) < 4.78 is 7.22. The minimum atomic E-state index is 0.287. The summed E-state index contributed by atoms with van der Waals surface area (Å²) in [5.74, 6) is 1.07. The lowest BCUT2D eigenvalue weighted by molar-refractivity contribution is 0.399. The third-order valence-corrected chi connectivity index (χ3v) is 1.71. The van der Waals surface area contributed by atoms with E-state index in [0.717, 1.165) is 19.0 Å². The molecule has 0 bridgehead atoms. The zero-order valence-corrected chi connectivity index (χ0v) is 5.95. The maximum absolute atomic E-state index is 5.11. The first-order valence-corrected chi connectivity index (χ1v) is 3.54. The third kappa shape index (κ3) is 0.827. The molecule has 3 nitrogen and oxygen atoms in total. The van der Waals surface area contributed by atoms with Gasteiger partial charge < -0.3 is 9.30 Å². The van der Waals surface area contributed by atoms with Crippen LogP contribution in [-0.4, -0.2) is 16.2 Å². The first-order chi connectivity index (χ1) is 4.92. The Hall–Kier alpha value is -0.830. The van der Waals surface area contributed by atoms with Gasteiger partial charge in [0.1, 0.15) is 11.9 Å². The van der Waals surface area contributed by atoms with Gasteiger partial charge in [-0.15, -0.1) is 0 Å². The van der Waals surface area contributed by atoms with Gasteiger partial charge >= 0.3 is 0 Å². The van der Waals surface area contributed by atoms with E-state index >= 15 is 0 Å². The quantitative estimate of drug-likeness (QED) is 0.570. The molecule has 0 aliphatic carbocycles. The van der Waals surface area contributed by atoms with Crippen molar-refractivity contribution < 1.29 is 4.74 Å². The molecule has 1 aliphatic rings. The molecule has 1 fully saturated rings. The number of aryl methyl sites for hydroxylation is 1. The highest BCUT2D eigenvalue weighted by Gasteiger charge is 2.28. The number of epoxide rings is 1. The molecular formula is C7H10N2O. The summed E-state index contributed by atoms with van der Waals surface area (Å²) in [5, 5.41) is 0. The maximum atomic E-state index is 5.11.